The van der Waals surface area contributed by atoms with Crippen molar-refractivity contribution in [3.63, 3.8) is 0 Å². The summed E-state index contributed by atoms with van der Waals surface area (Å²) in [5.74, 6) is -2.27. The van der Waals surface area contributed by atoms with Crippen LogP contribution in [0, 0.1) is 0 Å². The molecule has 0 radical (unpaired) electrons. The van der Waals surface area contributed by atoms with E-state index in [9.17, 15) is 19.5 Å². The minimum Gasteiger partial charge on any atom is -0.481 e. The Kier molecular flexibility index (Phi) is 6.73. The minimum absolute atomic E-state index is 0.0383. The minimum atomic E-state index is -1.02. The number of amides is 2. The van der Waals surface area contributed by atoms with E-state index in [4.69, 9.17) is 0 Å². The van der Waals surface area contributed by atoms with E-state index in [1.54, 1.807) is 30.3 Å². The largest absolute Gasteiger partial charge is 0.481 e. The van der Waals surface area contributed by atoms with Gasteiger partial charge in [0.2, 0.25) is 0 Å². The summed E-state index contributed by atoms with van der Waals surface area (Å²) in [5.41, 5.74) is 0.611. The summed E-state index contributed by atoms with van der Waals surface area (Å²) >= 11 is 0. The molecule has 1 rings (SSSR count). The molecular weight excluding hydrogens is 276 g/mol. The number of carboxylic acids is 1. The first kappa shape index (κ1) is 16.5. The van der Waals surface area contributed by atoms with E-state index in [-0.39, 0.29) is 19.5 Å². The number of aliphatic carboxylic acids is 1. The predicted octanol–water partition coefficient (Wildman–Crippen LogP) is 0.717. The molecule has 1 atom stereocenters. The lowest BCUT2D eigenvalue weighted by Gasteiger charge is -2.14. The highest BCUT2D eigenvalue weighted by molar-refractivity contribution is 5.79. The highest BCUT2D eigenvalue weighted by Gasteiger charge is 2.20. The first-order chi connectivity index (χ1) is 10.0. The normalized spacial score (nSPS) is 11.3. The molecule has 0 aliphatic heterocycles. The van der Waals surface area contributed by atoms with Gasteiger partial charge in [0.15, 0.2) is 0 Å². The Balaban J connectivity index is 2.42. The number of urea groups is 1. The number of rotatable bonds is 7. The summed E-state index contributed by atoms with van der Waals surface area (Å²) < 4.78 is 4.43. The van der Waals surface area contributed by atoms with Gasteiger partial charge in [0.05, 0.1) is 19.4 Å². The molecule has 0 aliphatic rings. The van der Waals surface area contributed by atoms with E-state index in [0.29, 0.717) is 5.56 Å². The van der Waals surface area contributed by atoms with E-state index in [1.165, 1.54) is 7.11 Å². The molecule has 1 unspecified atom stereocenters. The van der Waals surface area contributed by atoms with Gasteiger partial charge in [0, 0.05) is 13.1 Å². The Morgan fingerprint density at radius 2 is 1.86 bits per heavy atom. The molecule has 0 spiro atoms. The SMILES string of the molecule is COC(=O)CCNC(=O)NCC(C(=O)O)c1ccccc1. The van der Waals surface area contributed by atoms with Crippen LogP contribution in [0.5, 0.6) is 0 Å². The fourth-order valence-corrected chi connectivity index (χ4v) is 1.67. The standard InChI is InChI=1S/C14H18N2O5/c1-21-12(17)7-8-15-14(20)16-9-11(13(18)19)10-5-3-2-4-6-10/h2-6,11H,7-9H2,1H3,(H,18,19)(H2,15,16,20). The maximum atomic E-state index is 11.5. The Hall–Kier alpha value is -2.57. The summed E-state index contributed by atoms with van der Waals surface area (Å²) in [6.07, 6.45) is 0.0605. The molecule has 2 amide bonds. The van der Waals surface area contributed by atoms with Crippen LogP contribution in [0.15, 0.2) is 30.3 Å². The van der Waals surface area contributed by atoms with Crippen LogP contribution < -0.4 is 10.6 Å². The van der Waals surface area contributed by atoms with Crippen molar-refractivity contribution in [3.8, 4) is 0 Å². The van der Waals surface area contributed by atoms with Crippen molar-refractivity contribution in [2.75, 3.05) is 20.2 Å². The van der Waals surface area contributed by atoms with Crippen molar-refractivity contribution < 1.29 is 24.2 Å². The average Bonchev–Trinajstić information content (AvgIpc) is 2.48. The maximum absolute atomic E-state index is 11.5. The molecule has 7 nitrogen and oxygen atoms in total. The number of hydrogen-bond acceptors (Lipinski definition) is 4. The Morgan fingerprint density at radius 3 is 2.43 bits per heavy atom. The molecular formula is C14H18N2O5. The van der Waals surface area contributed by atoms with Crippen LogP contribution in [0.3, 0.4) is 0 Å². The lowest BCUT2D eigenvalue weighted by atomic mass is 9.99. The van der Waals surface area contributed by atoms with Crippen LogP contribution in [0.1, 0.15) is 17.9 Å². The maximum Gasteiger partial charge on any atom is 0.314 e. The van der Waals surface area contributed by atoms with E-state index < -0.39 is 23.9 Å². The number of methoxy groups -OCH3 is 1. The predicted molar refractivity (Wildman–Crippen MR) is 74.9 cm³/mol. The van der Waals surface area contributed by atoms with Crippen molar-refractivity contribution in [1.29, 1.82) is 0 Å². The van der Waals surface area contributed by atoms with Gasteiger partial charge in [-0.05, 0) is 5.56 Å². The number of ether oxygens (including phenoxy) is 1. The average molecular weight is 294 g/mol. The quantitative estimate of drug-likeness (QED) is 0.643. The van der Waals surface area contributed by atoms with E-state index in [1.807, 2.05) is 0 Å². The third kappa shape index (κ3) is 5.94. The van der Waals surface area contributed by atoms with Crippen molar-refractivity contribution in [3.05, 3.63) is 35.9 Å². The molecule has 21 heavy (non-hydrogen) atoms. The number of carbonyl (C=O) groups excluding carboxylic acids is 2. The molecule has 0 aliphatic carbocycles. The summed E-state index contributed by atoms with van der Waals surface area (Å²) in [4.78, 5) is 33.6. The van der Waals surface area contributed by atoms with Gasteiger partial charge in [-0.3, -0.25) is 9.59 Å². The number of carbonyl (C=O) groups is 3. The van der Waals surface area contributed by atoms with Gasteiger partial charge < -0.3 is 20.5 Å². The first-order valence-electron chi connectivity index (χ1n) is 6.41. The number of nitrogens with one attached hydrogen (secondary N) is 2. The molecule has 114 valence electrons. The lowest BCUT2D eigenvalue weighted by molar-refractivity contribution is -0.140. The van der Waals surface area contributed by atoms with E-state index >= 15 is 0 Å². The number of hydrogen-bond donors (Lipinski definition) is 3. The monoisotopic (exact) mass is 294 g/mol. The van der Waals surface area contributed by atoms with Crippen molar-refractivity contribution >= 4 is 18.0 Å². The number of benzene rings is 1. The highest BCUT2D eigenvalue weighted by Crippen LogP contribution is 2.14. The second-order valence-corrected chi connectivity index (χ2v) is 4.26. The molecule has 7 heteroatoms. The molecule has 0 saturated heterocycles. The van der Waals surface area contributed by atoms with Crippen LogP contribution in [-0.4, -0.2) is 43.3 Å². The zero-order valence-electron chi connectivity index (χ0n) is 11.7. The fourth-order valence-electron chi connectivity index (χ4n) is 1.67. The molecule has 0 aromatic heterocycles. The Morgan fingerprint density at radius 1 is 1.19 bits per heavy atom. The topological polar surface area (TPSA) is 105 Å². The molecule has 1 aromatic rings. The summed E-state index contributed by atoms with van der Waals surface area (Å²) in [5, 5.41) is 14.1. The third-order valence-corrected chi connectivity index (χ3v) is 2.81. The number of esters is 1. The van der Waals surface area contributed by atoms with Crippen molar-refractivity contribution in [1.82, 2.24) is 10.6 Å². The van der Waals surface area contributed by atoms with Gasteiger partial charge in [-0.2, -0.15) is 0 Å². The van der Waals surface area contributed by atoms with Crippen molar-refractivity contribution in [2.45, 2.75) is 12.3 Å². The van der Waals surface area contributed by atoms with Crippen LogP contribution >= 0.6 is 0 Å². The molecule has 0 bridgehead atoms. The van der Waals surface area contributed by atoms with Crippen LogP contribution in [0.2, 0.25) is 0 Å². The highest BCUT2D eigenvalue weighted by atomic mass is 16.5. The van der Waals surface area contributed by atoms with Crippen LogP contribution in [0.25, 0.3) is 0 Å². The smallest absolute Gasteiger partial charge is 0.314 e. The van der Waals surface area contributed by atoms with E-state index in [0.717, 1.165) is 0 Å². The van der Waals surface area contributed by atoms with Gasteiger partial charge in [0.25, 0.3) is 0 Å². The van der Waals surface area contributed by atoms with Crippen LogP contribution in [0.4, 0.5) is 4.79 Å². The second-order valence-electron chi connectivity index (χ2n) is 4.26. The molecule has 0 fully saturated rings. The molecule has 0 heterocycles. The van der Waals surface area contributed by atoms with Gasteiger partial charge in [-0.15, -0.1) is 0 Å². The summed E-state index contributed by atoms with van der Waals surface area (Å²) in [6.45, 7) is 0.0883. The zero-order valence-corrected chi connectivity index (χ0v) is 11.7. The Bertz CT molecular complexity index is 489. The van der Waals surface area contributed by atoms with Gasteiger partial charge in [-0.1, -0.05) is 30.3 Å². The second kappa shape index (κ2) is 8.57. The number of carboxylic acid groups (broad SMARTS) is 1. The zero-order chi connectivity index (χ0) is 15.7. The van der Waals surface area contributed by atoms with E-state index in [2.05, 4.69) is 15.4 Å². The van der Waals surface area contributed by atoms with Crippen LogP contribution in [-0.2, 0) is 14.3 Å². The van der Waals surface area contributed by atoms with Crippen molar-refractivity contribution in [2.24, 2.45) is 0 Å². The van der Waals surface area contributed by atoms with Gasteiger partial charge in [-0.25, -0.2) is 4.79 Å². The Labute approximate surface area is 122 Å². The molecule has 3 N–H and O–H groups in total. The van der Waals surface area contributed by atoms with Gasteiger partial charge in [0.1, 0.15) is 0 Å². The molecule has 0 saturated carbocycles. The first-order valence-corrected chi connectivity index (χ1v) is 6.41. The lowest BCUT2D eigenvalue weighted by Crippen LogP contribution is -2.40. The van der Waals surface area contributed by atoms with Gasteiger partial charge >= 0.3 is 18.0 Å². The molecule has 1 aromatic carbocycles. The third-order valence-electron chi connectivity index (χ3n) is 2.81. The fraction of sp³-hybridized carbons (Fsp3) is 0.357. The summed E-state index contributed by atoms with van der Waals surface area (Å²) in [6, 6.07) is 8.12. The summed E-state index contributed by atoms with van der Waals surface area (Å²) in [7, 11) is 1.26.